The normalized spacial score (nSPS) is 13.0. The Morgan fingerprint density at radius 1 is 1.33 bits per heavy atom. The molecule has 0 spiro atoms. The summed E-state index contributed by atoms with van der Waals surface area (Å²) in [7, 11) is 0. The Labute approximate surface area is 125 Å². The van der Waals surface area contributed by atoms with Crippen molar-refractivity contribution in [1.82, 2.24) is 4.98 Å². The van der Waals surface area contributed by atoms with Crippen LogP contribution in [0.1, 0.15) is 6.42 Å². The highest BCUT2D eigenvalue weighted by molar-refractivity contribution is 7.14. The van der Waals surface area contributed by atoms with E-state index in [1.54, 1.807) is 0 Å². The standard InChI is InChI=1S/C14H15N3O3S/c15-4-3-13(18)17-14-16-10(8-21-14)9-1-2-11-12(7-9)20-6-5-19-11/h1-2,7-8H,3-6,15H2,(H,16,17,18). The van der Waals surface area contributed by atoms with E-state index < -0.39 is 0 Å². The molecule has 0 aliphatic carbocycles. The van der Waals surface area contributed by atoms with Crippen LogP contribution >= 0.6 is 11.3 Å². The van der Waals surface area contributed by atoms with Gasteiger partial charge in [0.05, 0.1) is 5.69 Å². The maximum atomic E-state index is 11.5. The van der Waals surface area contributed by atoms with E-state index in [1.807, 2.05) is 23.6 Å². The quantitative estimate of drug-likeness (QED) is 0.900. The molecule has 0 bridgehead atoms. The Balaban J connectivity index is 1.78. The minimum atomic E-state index is -0.124. The minimum Gasteiger partial charge on any atom is -0.486 e. The average molecular weight is 305 g/mol. The number of aromatic nitrogens is 1. The molecule has 1 aliphatic rings. The Morgan fingerprint density at radius 3 is 2.95 bits per heavy atom. The van der Waals surface area contributed by atoms with Crippen molar-refractivity contribution in [2.75, 3.05) is 25.1 Å². The van der Waals surface area contributed by atoms with Crippen LogP contribution in [0, 0.1) is 0 Å². The molecule has 0 fully saturated rings. The molecule has 7 heteroatoms. The summed E-state index contributed by atoms with van der Waals surface area (Å²) in [5, 5.41) is 5.19. The highest BCUT2D eigenvalue weighted by Gasteiger charge is 2.14. The van der Waals surface area contributed by atoms with Gasteiger partial charge in [-0.15, -0.1) is 11.3 Å². The minimum absolute atomic E-state index is 0.124. The van der Waals surface area contributed by atoms with Crippen molar-refractivity contribution in [3.05, 3.63) is 23.6 Å². The molecule has 1 amide bonds. The largest absolute Gasteiger partial charge is 0.486 e. The SMILES string of the molecule is NCCC(=O)Nc1nc(-c2ccc3c(c2)OCCO3)cs1. The summed E-state index contributed by atoms with van der Waals surface area (Å²) >= 11 is 1.38. The number of benzene rings is 1. The number of nitrogens with one attached hydrogen (secondary N) is 1. The molecule has 2 heterocycles. The van der Waals surface area contributed by atoms with Gasteiger partial charge in [0.2, 0.25) is 5.91 Å². The molecule has 0 radical (unpaired) electrons. The number of carbonyl (C=O) groups is 1. The number of rotatable bonds is 4. The number of nitrogens with two attached hydrogens (primary N) is 1. The molecule has 0 saturated carbocycles. The molecule has 110 valence electrons. The number of hydrogen-bond acceptors (Lipinski definition) is 6. The zero-order chi connectivity index (χ0) is 14.7. The summed E-state index contributed by atoms with van der Waals surface area (Å²) in [4.78, 5) is 15.9. The lowest BCUT2D eigenvalue weighted by molar-refractivity contribution is -0.116. The number of nitrogens with zero attached hydrogens (tertiary/aromatic N) is 1. The molecule has 2 aromatic rings. The van der Waals surface area contributed by atoms with Crippen molar-refractivity contribution in [1.29, 1.82) is 0 Å². The summed E-state index contributed by atoms with van der Waals surface area (Å²) in [5.41, 5.74) is 7.06. The smallest absolute Gasteiger partial charge is 0.227 e. The lowest BCUT2D eigenvalue weighted by atomic mass is 10.1. The molecule has 1 aromatic carbocycles. The van der Waals surface area contributed by atoms with Crippen LogP contribution in [0.5, 0.6) is 11.5 Å². The van der Waals surface area contributed by atoms with E-state index in [2.05, 4.69) is 10.3 Å². The number of carbonyl (C=O) groups excluding carboxylic acids is 1. The van der Waals surface area contributed by atoms with Gasteiger partial charge in [0.1, 0.15) is 13.2 Å². The Morgan fingerprint density at radius 2 is 2.14 bits per heavy atom. The maximum absolute atomic E-state index is 11.5. The van der Waals surface area contributed by atoms with Gasteiger partial charge in [-0.2, -0.15) is 0 Å². The predicted molar refractivity (Wildman–Crippen MR) is 80.8 cm³/mol. The van der Waals surface area contributed by atoms with E-state index in [1.165, 1.54) is 11.3 Å². The number of thiazole rings is 1. The van der Waals surface area contributed by atoms with Crippen LogP contribution in [0.25, 0.3) is 11.3 Å². The van der Waals surface area contributed by atoms with Gasteiger partial charge in [-0.25, -0.2) is 4.98 Å². The fraction of sp³-hybridized carbons (Fsp3) is 0.286. The number of anilines is 1. The zero-order valence-corrected chi connectivity index (χ0v) is 12.1. The van der Waals surface area contributed by atoms with E-state index >= 15 is 0 Å². The lowest BCUT2D eigenvalue weighted by Gasteiger charge is -2.18. The molecule has 6 nitrogen and oxygen atoms in total. The Hall–Kier alpha value is -2.12. The maximum Gasteiger partial charge on any atom is 0.227 e. The van der Waals surface area contributed by atoms with E-state index in [-0.39, 0.29) is 5.91 Å². The molecule has 3 N–H and O–H groups in total. The zero-order valence-electron chi connectivity index (χ0n) is 11.3. The molecular formula is C14H15N3O3S. The van der Waals surface area contributed by atoms with E-state index in [9.17, 15) is 4.79 Å². The summed E-state index contributed by atoms with van der Waals surface area (Å²) in [5.74, 6) is 1.35. The van der Waals surface area contributed by atoms with E-state index in [0.717, 1.165) is 22.8 Å². The topological polar surface area (TPSA) is 86.5 Å². The molecule has 0 saturated heterocycles. The van der Waals surface area contributed by atoms with Crippen LogP contribution in [-0.4, -0.2) is 30.6 Å². The van der Waals surface area contributed by atoms with Crippen molar-refractivity contribution < 1.29 is 14.3 Å². The van der Waals surface area contributed by atoms with Crippen LogP contribution in [-0.2, 0) is 4.79 Å². The monoisotopic (exact) mass is 305 g/mol. The number of ether oxygens (including phenoxy) is 2. The first-order valence-corrected chi connectivity index (χ1v) is 7.49. The van der Waals surface area contributed by atoms with Crippen molar-refractivity contribution in [2.24, 2.45) is 5.73 Å². The highest BCUT2D eigenvalue weighted by atomic mass is 32.1. The van der Waals surface area contributed by atoms with Crippen molar-refractivity contribution in [3.63, 3.8) is 0 Å². The van der Waals surface area contributed by atoms with E-state index in [4.69, 9.17) is 15.2 Å². The Kier molecular flexibility index (Phi) is 4.03. The van der Waals surface area contributed by atoms with Crippen molar-refractivity contribution in [2.45, 2.75) is 6.42 Å². The van der Waals surface area contributed by atoms with Crippen molar-refractivity contribution >= 4 is 22.4 Å². The third-order valence-electron chi connectivity index (χ3n) is 2.96. The summed E-state index contributed by atoms with van der Waals surface area (Å²) < 4.78 is 11.0. The second kappa shape index (κ2) is 6.11. The second-order valence-electron chi connectivity index (χ2n) is 4.48. The van der Waals surface area contributed by atoms with Gasteiger partial charge in [-0.3, -0.25) is 4.79 Å². The van der Waals surface area contributed by atoms with E-state index in [0.29, 0.717) is 31.3 Å². The number of amides is 1. The van der Waals surface area contributed by atoms with Gasteiger partial charge >= 0.3 is 0 Å². The van der Waals surface area contributed by atoms with Crippen LogP contribution < -0.4 is 20.5 Å². The summed E-state index contributed by atoms with van der Waals surface area (Å²) in [6.45, 7) is 1.44. The van der Waals surface area contributed by atoms with Gasteiger partial charge < -0.3 is 20.5 Å². The van der Waals surface area contributed by atoms with Crippen LogP contribution in [0.3, 0.4) is 0 Å². The fourth-order valence-corrected chi connectivity index (χ4v) is 2.72. The van der Waals surface area contributed by atoms with Gasteiger partial charge in [0, 0.05) is 23.9 Å². The van der Waals surface area contributed by atoms with Gasteiger partial charge in [0.25, 0.3) is 0 Å². The third kappa shape index (κ3) is 3.14. The third-order valence-corrected chi connectivity index (χ3v) is 3.72. The molecule has 3 rings (SSSR count). The first kappa shape index (κ1) is 13.8. The van der Waals surface area contributed by atoms with Gasteiger partial charge in [-0.1, -0.05) is 0 Å². The first-order chi connectivity index (χ1) is 10.3. The highest BCUT2D eigenvalue weighted by Crippen LogP contribution is 2.35. The Bertz CT molecular complexity index is 657. The molecular weight excluding hydrogens is 290 g/mol. The summed E-state index contributed by atoms with van der Waals surface area (Å²) in [6.07, 6.45) is 0.291. The molecule has 1 aliphatic heterocycles. The summed E-state index contributed by atoms with van der Waals surface area (Å²) in [6, 6.07) is 5.69. The number of fused-ring (bicyclic) bond motifs is 1. The fourth-order valence-electron chi connectivity index (χ4n) is 1.98. The van der Waals surface area contributed by atoms with Crippen LogP contribution in [0.4, 0.5) is 5.13 Å². The van der Waals surface area contributed by atoms with Gasteiger partial charge in [-0.05, 0) is 18.2 Å². The van der Waals surface area contributed by atoms with Crippen LogP contribution in [0.2, 0.25) is 0 Å². The first-order valence-electron chi connectivity index (χ1n) is 6.62. The second-order valence-corrected chi connectivity index (χ2v) is 5.34. The molecule has 0 atom stereocenters. The van der Waals surface area contributed by atoms with Crippen molar-refractivity contribution in [3.8, 4) is 22.8 Å². The number of hydrogen-bond donors (Lipinski definition) is 2. The molecule has 1 aromatic heterocycles. The predicted octanol–water partition coefficient (Wildman–Crippen LogP) is 1.87. The van der Waals surface area contributed by atoms with Crippen LogP contribution in [0.15, 0.2) is 23.6 Å². The molecule has 0 unspecified atom stereocenters. The lowest BCUT2D eigenvalue weighted by Crippen LogP contribution is -2.16. The van der Waals surface area contributed by atoms with Gasteiger partial charge in [0.15, 0.2) is 16.6 Å². The molecule has 21 heavy (non-hydrogen) atoms. The average Bonchev–Trinajstić information content (AvgIpc) is 2.95.